The standard InChI is InChI=1S/C10H11F5O2Si/c1-16-18(3,17-2)10(15)5-4-6(11)8(13)9(14)7(5)12/h4,10H,1-3H3. The molecule has 0 aromatic heterocycles. The van der Waals surface area contributed by atoms with E-state index < -0.39 is 43.2 Å². The largest absolute Gasteiger partial charge is 0.396 e. The molecule has 0 radical (unpaired) electrons. The predicted molar refractivity (Wildman–Crippen MR) is 55.8 cm³/mol. The maximum atomic E-state index is 14.1. The molecule has 0 saturated carbocycles. The number of rotatable bonds is 4. The van der Waals surface area contributed by atoms with Crippen LogP contribution in [0.5, 0.6) is 0 Å². The van der Waals surface area contributed by atoms with Crippen LogP contribution < -0.4 is 0 Å². The third-order valence-corrected chi connectivity index (χ3v) is 5.53. The number of hydrogen-bond donors (Lipinski definition) is 0. The molecule has 0 spiro atoms. The topological polar surface area (TPSA) is 18.5 Å². The van der Waals surface area contributed by atoms with Crippen molar-refractivity contribution in [1.82, 2.24) is 0 Å². The highest BCUT2D eigenvalue weighted by Crippen LogP contribution is 2.33. The smallest absolute Gasteiger partial charge is 0.374 e. The monoisotopic (exact) mass is 286 g/mol. The lowest BCUT2D eigenvalue weighted by atomic mass is 10.2. The number of halogens is 5. The average Bonchev–Trinajstić information content (AvgIpc) is 2.38. The minimum Gasteiger partial charge on any atom is -0.396 e. The predicted octanol–water partition coefficient (Wildman–Crippen LogP) is 3.16. The molecule has 0 saturated heterocycles. The summed E-state index contributed by atoms with van der Waals surface area (Å²) in [6.07, 6.45) is 0. The van der Waals surface area contributed by atoms with E-state index >= 15 is 0 Å². The van der Waals surface area contributed by atoms with Crippen LogP contribution in [0.25, 0.3) is 0 Å². The quantitative estimate of drug-likeness (QED) is 0.366. The third kappa shape index (κ3) is 2.40. The van der Waals surface area contributed by atoms with Crippen LogP contribution >= 0.6 is 0 Å². The Bertz CT molecular complexity index is 450. The van der Waals surface area contributed by atoms with Gasteiger partial charge in [-0.2, -0.15) is 0 Å². The van der Waals surface area contributed by atoms with E-state index in [0.717, 1.165) is 14.2 Å². The van der Waals surface area contributed by atoms with Gasteiger partial charge in [-0.05, 0) is 12.6 Å². The van der Waals surface area contributed by atoms with Gasteiger partial charge in [-0.1, -0.05) is 0 Å². The van der Waals surface area contributed by atoms with Crippen LogP contribution in [-0.2, 0) is 8.85 Å². The minimum absolute atomic E-state index is 0.266. The van der Waals surface area contributed by atoms with Crippen molar-refractivity contribution in [3.8, 4) is 0 Å². The Hall–Kier alpha value is -0.993. The Morgan fingerprint density at radius 2 is 1.50 bits per heavy atom. The molecule has 1 rings (SSSR count). The Morgan fingerprint density at radius 3 is 1.94 bits per heavy atom. The van der Waals surface area contributed by atoms with E-state index in [4.69, 9.17) is 8.85 Å². The fourth-order valence-corrected chi connectivity index (χ4v) is 2.70. The second kappa shape index (κ2) is 5.33. The van der Waals surface area contributed by atoms with Crippen molar-refractivity contribution in [3.05, 3.63) is 34.9 Å². The van der Waals surface area contributed by atoms with E-state index in [1.165, 1.54) is 6.55 Å². The van der Waals surface area contributed by atoms with Gasteiger partial charge in [-0.3, -0.25) is 0 Å². The number of alkyl halides is 1. The van der Waals surface area contributed by atoms with Gasteiger partial charge in [-0.15, -0.1) is 0 Å². The van der Waals surface area contributed by atoms with Crippen molar-refractivity contribution in [2.24, 2.45) is 0 Å². The Morgan fingerprint density at radius 1 is 1.00 bits per heavy atom. The van der Waals surface area contributed by atoms with Gasteiger partial charge in [0.2, 0.25) is 0 Å². The fraction of sp³-hybridized carbons (Fsp3) is 0.400. The summed E-state index contributed by atoms with van der Waals surface area (Å²) < 4.78 is 75.7. The van der Waals surface area contributed by atoms with Crippen molar-refractivity contribution in [2.75, 3.05) is 14.2 Å². The van der Waals surface area contributed by atoms with E-state index in [1.807, 2.05) is 0 Å². The van der Waals surface area contributed by atoms with Gasteiger partial charge in [0.05, 0.1) is 0 Å². The molecule has 102 valence electrons. The first-order valence-corrected chi connectivity index (χ1v) is 7.25. The van der Waals surface area contributed by atoms with Crippen molar-refractivity contribution in [3.63, 3.8) is 0 Å². The van der Waals surface area contributed by atoms with Crippen LogP contribution in [0.15, 0.2) is 6.07 Å². The van der Waals surface area contributed by atoms with Crippen molar-refractivity contribution in [1.29, 1.82) is 0 Å². The normalized spacial score (nSPS) is 13.8. The fourth-order valence-electron chi connectivity index (χ4n) is 1.35. The summed E-state index contributed by atoms with van der Waals surface area (Å²) in [6.45, 7) is 1.25. The molecule has 0 aliphatic heterocycles. The summed E-state index contributed by atoms with van der Waals surface area (Å²) in [4.78, 5) is 0. The zero-order chi connectivity index (χ0) is 14.1. The highest BCUT2D eigenvalue weighted by atomic mass is 28.4. The molecule has 0 bridgehead atoms. The SMILES string of the molecule is CO[Si](C)(OC)C(F)c1cc(F)c(F)c(F)c1F. The van der Waals surface area contributed by atoms with Crippen LogP contribution in [0, 0.1) is 23.3 Å². The van der Waals surface area contributed by atoms with Crippen LogP contribution in [-0.4, -0.2) is 22.8 Å². The second-order valence-corrected chi connectivity index (χ2v) is 7.03. The summed E-state index contributed by atoms with van der Waals surface area (Å²) in [5, 5.41) is 0. The van der Waals surface area contributed by atoms with Gasteiger partial charge in [0, 0.05) is 19.8 Å². The minimum atomic E-state index is -3.50. The van der Waals surface area contributed by atoms with E-state index in [0.29, 0.717) is 0 Å². The summed E-state index contributed by atoms with van der Waals surface area (Å²) in [5.74, 6) is -9.70. The van der Waals surface area contributed by atoms with E-state index in [1.54, 1.807) is 0 Å². The van der Waals surface area contributed by atoms with Gasteiger partial charge in [0.15, 0.2) is 29.1 Å². The molecule has 0 heterocycles. The van der Waals surface area contributed by atoms with Crippen LogP contribution in [0.1, 0.15) is 11.4 Å². The lowest BCUT2D eigenvalue weighted by Gasteiger charge is -2.26. The summed E-state index contributed by atoms with van der Waals surface area (Å²) in [7, 11) is -1.23. The highest BCUT2D eigenvalue weighted by molar-refractivity contribution is 6.67. The molecule has 0 aliphatic rings. The zero-order valence-corrected chi connectivity index (χ0v) is 10.9. The zero-order valence-electron chi connectivity index (χ0n) is 9.86. The Kier molecular flexibility index (Phi) is 4.46. The lowest BCUT2D eigenvalue weighted by Crippen LogP contribution is -2.42. The molecule has 18 heavy (non-hydrogen) atoms. The maximum Gasteiger partial charge on any atom is 0.374 e. The molecule has 0 amide bonds. The first-order chi connectivity index (χ1) is 8.28. The van der Waals surface area contributed by atoms with E-state index in [9.17, 15) is 22.0 Å². The average molecular weight is 286 g/mol. The van der Waals surface area contributed by atoms with Crippen molar-refractivity contribution in [2.45, 2.75) is 12.3 Å². The molecule has 1 aromatic carbocycles. The van der Waals surface area contributed by atoms with Crippen LogP contribution in [0.2, 0.25) is 6.55 Å². The molecule has 8 heteroatoms. The number of hydrogen-bond acceptors (Lipinski definition) is 2. The maximum absolute atomic E-state index is 14.1. The molecule has 1 aromatic rings. The summed E-state index contributed by atoms with van der Waals surface area (Å²) in [5.41, 5.74) is -0.954. The molecular formula is C10H11F5O2Si. The molecule has 1 atom stereocenters. The highest BCUT2D eigenvalue weighted by Gasteiger charge is 2.44. The Labute approximate surface area is 102 Å². The van der Waals surface area contributed by atoms with Crippen LogP contribution in [0.4, 0.5) is 22.0 Å². The molecule has 2 nitrogen and oxygen atoms in total. The van der Waals surface area contributed by atoms with Gasteiger partial charge in [0.25, 0.3) is 0 Å². The van der Waals surface area contributed by atoms with Gasteiger partial charge < -0.3 is 8.85 Å². The van der Waals surface area contributed by atoms with Crippen LogP contribution in [0.3, 0.4) is 0 Å². The molecular weight excluding hydrogens is 275 g/mol. The van der Waals surface area contributed by atoms with Crippen molar-refractivity contribution >= 4 is 8.56 Å². The van der Waals surface area contributed by atoms with Gasteiger partial charge >= 0.3 is 8.56 Å². The first-order valence-electron chi connectivity index (χ1n) is 4.85. The van der Waals surface area contributed by atoms with Crippen molar-refractivity contribution < 1.29 is 30.8 Å². The second-order valence-electron chi connectivity index (χ2n) is 3.68. The Balaban J connectivity index is 3.34. The van der Waals surface area contributed by atoms with Gasteiger partial charge in [0.1, 0.15) is 0 Å². The first kappa shape index (κ1) is 15.1. The molecule has 1 unspecified atom stereocenters. The lowest BCUT2D eigenvalue weighted by molar-refractivity contribution is 0.199. The number of benzene rings is 1. The third-order valence-electron chi connectivity index (χ3n) is 2.67. The molecule has 0 fully saturated rings. The summed E-state index contributed by atoms with van der Waals surface area (Å²) in [6, 6.07) is 0.266. The molecule has 0 aliphatic carbocycles. The van der Waals surface area contributed by atoms with E-state index in [-0.39, 0.29) is 6.07 Å². The van der Waals surface area contributed by atoms with Gasteiger partial charge in [-0.25, -0.2) is 22.0 Å². The summed E-state index contributed by atoms with van der Waals surface area (Å²) >= 11 is 0. The van der Waals surface area contributed by atoms with E-state index in [2.05, 4.69) is 0 Å². The molecule has 0 N–H and O–H groups in total.